The van der Waals surface area contributed by atoms with Gasteiger partial charge in [0.25, 0.3) is 0 Å². The number of fused-ring (bicyclic) bond motifs is 1. The van der Waals surface area contributed by atoms with Crippen molar-refractivity contribution in [3.05, 3.63) is 35.9 Å². The highest BCUT2D eigenvalue weighted by atomic mass is 16.5. The van der Waals surface area contributed by atoms with Gasteiger partial charge in [-0.3, -0.25) is 4.79 Å². The minimum absolute atomic E-state index is 0.0684. The van der Waals surface area contributed by atoms with Crippen molar-refractivity contribution in [2.24, 2.45) is 5.73 Å². The Morgan fingerprint density at radius 3 is 2.94 bits per heavy atom. The average molecular weight is 240 g/mol. The molecule has 90 valence electrons. The molecule has 1 heterocycles. The highest BCUT2D eigenvalue weighted by molar-refractivity contribution is 5.81. The molecule has 4 heteroatoms. The number of carbonyl (C=O) groups is 1. The van der Waals surface area contributed by atoms with Gasteiger partial charge in [-0.1, -0.05) is 11.8 Å². The highest BCUT2D eigenvalue weighted by Gasteiger charge is 1.98. The number of nitrogens with two attached hydrogens (primary N) is 1. The number of hydrogen-bond acceptors (Lipinski definition) is 3. The van der Waals surface area contributed by atoms with Gasteiger partial charge in [-0.25, -0.2) is 4.98 Å². The molecule has 4 nitrogen and oxygen atoms in total. The molecule has 1 amide bonds. The third-order valence-electron chi connectivity index (χ3n) is 2.37. The molecule has 0 unspecified atom stereocenters. The van der Waals surface area contributed by atoms with Gasteiger partial charge in [0.05, 0.1) is 19.0 Å². The van der Waals surface area contributed by atoms with E-state index in [1.54, 1.807) is 13.2 Å². The average Bonchev–Trinajstić information content (AvgIpc) is 2.37. The lowest BCUT2D eigenvalue weighted by Crippen LogP contribution is -2.08. The lowest BCUT2D eigenvalue weighted by Gasteiger charge is -2.01. The van der Waals surface area contributed by atoms with Crippen molar-refractivity contribution in [1.82, 2.24) is 4.98 Å². The van der Waals surface area contributed by atoms with Crippen LogP contribution in [0.1, 0.15) is 12.0 Å². The topological polar surface area (TPSA) is 65.2 Å². The van der Waals surface area contributed by atoms with Crippen LogP contribution < -0.4 is 10.5 Å². The summed E-state index contributed by atoms with van der Waals surface area (Å²) in [6.07, 6.45) is 0.0684. The van der Waals surface area contributed by atoms with Crippen LogP contribution in [0, 0.1) is 11.8 Å². The van der Waals surface area contributed by atoms with Gasteiger partial charge in [0.2, 0.25) is 11.8 Å². The molecule has 0 aliphatic carbocycles. The summed E-state index contributed by atoms with van der Waals surface area (Å²) in [5.41, 5.74) is 6.69. The Hall–Kier alpha value is -2.54. The number of hydrogen-bond donors (Lipinski definition) is 1. The highest BCUT2D eigenvalue weighted by Crippen LogP contribution is 2.17. The molecule has 18 heavy (non-hydrogen) atoms. The Kier molecular flexibility index (Phi) is 3.44. The molecule has 2 N–H and O–H groups in total. The fourth-order valence-corrected chi connectivity index (χ4v) is 1.53. The first-order valence-electron chi connectivity index (χ1n) is 5.41. The van der Waals surface area contributed by atoms with Crippen LogP contribution in [-0.4, -0.2) is 18.0 Å². The summed E-state index contributed by atoms with van der Waals surface area (Å²) in [5.74, 6) is 5.76. The van der Waals surface area contributed by atoms with Gasteiger partial charge in [0, 0.05) is 17.0 Å². The van der Waals surface area contributed by atoms with Crippen molar-refractivity contribution < 1.29 is 9.53 Å². The van der Waals surface area contributed by atoms with Crippen LogP contribution in [0.5, 0.6) is 5.88 Å². The predicted octanol–water partition coefficient (Wildman–Crippen LogP) is 1.47. The van der Waals surface area contributed by atoms with Gasteiger partial charge in [-0.05, 0) is 24.3 Å². The van der Waals surface area contributed by atoms with Crippen LogP contribution in [0.3, 0.4) is 0 Å². The van der Waals surface area contributed by atoms with Gasteiger partial charge < -0.3 is 10.5 Å². The van der Waals surface area contributed by atoms with E-state index in [9.17, 15) is 4.79 Å². The maximum atomic E-state index is 10.6. The third-order valence-corrected chi connectivity index (χ3v) is 2.37. The standard InChI is InChI=1S/C14H12N2O2/c1-18-14-8-6-11-9-10(3-2-4-13(15)17)5-7-12(11)16-14/h5-9H,4H2,1H3,(H2,15,17). The normalized spacial score (nSPS) is 9.61. The summed E-state index contributed by atoms with van der Waals surface area (Å²) in [6.45, 7) is 0. The molecule has 2 aromatic rings. The molecule has 1 aromatic heterocycles. The molecule has 2 rings (SSSR count). The molecule has 0 radical (unpaired) electrons. The molecule has 0 saturated carbocycles. The Labute approximate surface area is 105 Å². The number of benzene rings is 1. The number of aromatic nitrogens is 1. The van der Waals surface area contributed by atoms with Gasteiger partial charge in [-0.15, -0.1) is 0 Å². The summed E-state index contributed by atoms with van der Waals surface area (Å²) in [5, 5.41) is 0.974. The Bertz CT molecular complexity index is 654. The largest absolute Gasteiger partial charge is 0.481 e. The zero-order chi connectivity index (χ0) is 13.0. The zero-order valence-electron chi connectivity index (χ0n) is 9.93. The van der Waals surface area contributed by atoms with E-state index in [1.807, 2.05) is 24.3 Å². The smallest absolute Gasteiger partial charge is 0.229 e. The maximum absolute atomic E-state index is 10.6. The molecule has 0 aliphatic heterocycles. The summed E-state index contributed by atoms with van der Waals surface area (Å²) in [6, 6.07) is 9.34. The zero-order valence-corrected chi connectivity index (χ0v) is 9.93. The Morgan fingerprint density at radius 1 is 1.39 bits per heavy atom. The third kappa shape index (κ3) is 2.77. The van der Waals surface area contributed by atoms with E-state index < -0.39 is 5.91 Å². The predicted molar refractivity (Wildman–Crippen MR) is 69.0 cm³/mol. The van der Waals surface area contributed by atoms with E-state index in [4.69, 9.17) is 10.5 Å². The van der Waals surface area contributed by atoms with E-state index in [-0.39, 0.29) is 6.42 Å². The quantitative estimate of drug-likeness (QED) is 0.808. The lowest BCUT2D eigenvalue weighted by atomic mass is 10.1. The Balaban J connectivity index is 2.32. The SMILES string of the molecule is COc1ccc2cc(C#CCC(N)=O)ccc2n1. The van der Waals surface area contributed by atoms with Gasteiger partial charge >= 0.3 is 0 Å². The number of rotatable bonds is 2. The fourth-order valence-electron chi connectivity index (χ4n) is 1.53. The number of methoxy groups -OCH3 is 1. The van der Waals surface area contributed by atoms with E-state index in [0.717, 1.165) is 16.5 Å². The number of nitrogens with zero attached hydrogens (tertiary/aromatic N) is 1. The second kappa shape index (κ2) is 5.19. The second-order valence-corrected chi connectivity index (χ2v) is 3.71. The summed E-state index contributed by atoms with van der Waals surface area (Å²) < 4.78 is 5.05. The Morgan fingerprint density at radius 2 is 2.22 bits per heavy atom. The number of carbonyl (C=O) groups excluding carboxylic acids is 1. The van der Waals surface area contributed by atoms with Crippen molar-refractivity contribution in [1.29, 1.82) is 0 Å². The second-order valence-electron chi connectivity index (χ2n) is 3.71. The van der Waals surface area contributed by atoms with E-state index in [1.165, 1.54) is 0 Å². The van der Waals surface area contributed by atoms with Crippen molar-refractivity contribution in [2.75, 3.05) is 7.11 Å². The van der Waals surface area contributed by atoms with Crippen molar-refractivity contribution in [3.8, 4) is 17.7 Å². The minimum Gasteiger partial charge on any atom is -0.481 e. The lowest BCUT2D eigenvalue weighted by molar-refractivity contribution is -0.117. The summed E-state index contributed by atoms with van der Waals surface area (Å²) in [7, 11) is 1.58. The first-order chi connectivity index (χ1) is 8.69. The first-order valence-corrected chi connectivity index (χ1v) is 5.41. The van der Waals surface area contributed by atoms with Crippen LogP contribution in [-0.2, 0) is 4.79 Å². The van der Waals surface area contributed by atoms with Crippen molar-refractivity contribution >= 4 is 16.8 Å². The van der Waals surface area contributed by atoms with Crippen LogP contribution in [0.25, 0.3) is 10.9 Å². The molecular weight excluding hydrogens is 228 g/mol. The summed E-state index contributed by atoms with van der Waals surface area (Å²) >= 11 is 0. The molecule has 1 aromatic carbocycles. The minimum atomic E-state index is -0.422. The first kappa shape index (κ1) is 11.9. The van der Waals surface area contributed by atoms with E-state index in [0.29, 0.717) is 5.88 Å². The summed E-state index contributed by atoms with van der Waals surface area (Å²) in [4.78, 5) is 14.9. The van der Waals surface area contributed by atoms with Crippen LogP contribution in [0.15, 0.2) is 30.3 Å². The van der Waals surface area contributed by atoms with Gasteiger partial charge in [0.1, 0.15) is 0 Å². The molecule has 0 aliphatic rings. The number of primary amides is 1. The molecular formula is C14H12N2O2. The maximum Gasteiger partial charge on any atom is 0.229 e. The van der Waals surface area contributed by atoms with E-state index >= 15 is 0 Å². The monoisotopic (exact) mass is 240 g/mol. The van der Waals surface area contributed by atoms with Crippen LogP contribution in [0.4, 0.5) is 0 Å². The van der Waals surface area contributed by atoms with Crippen LogP contribution in [0.2, 0.25) is 0 Å². The van der Waals surface area contributed by atoms with E-state index in [2.05, 4.69) is 16.8 Å². The number of pyridine rings is 1. The molecule has 0 fully saturated rings. The number of ether oxygens (including phenoxy) is 1. The molecule has 0 atom stereocenters. The molecule has 0 bridgehead atoms. The van der Waals surface area contributed by atoms with Crippen molar-refractivity contribution in [2.45, 2.75) is 6.42 Å². The molecule has 0 saturated heterocycles. The number of amides is 1. The van der Waals surface area contributed by atoms with Crippen LogP contribution >= 0.6 is 0 Å². The van der Waals surface area contributed by atoms with Gasteiger partial charge in [0.15, 0.2) is 0 Å². The van der Waals surface area contributed by atoms with Gasteiger partial charge in [-0.2, -0.15) is 0 Å². The fraction of sp³-hybridized carbons (Fsp3) is 0.143. The van der Waals surface area contributed by atoms with Crippen molar-refractivity contribution in [3.63, 3.8) is 0 Å². The molecule has 0 spiro atoms.